The number of aryl methyl sites for hydroxylation is 1. The summed E-state index contributed by atoms with van der Waals surface area (Å²) in [6.07, 6.45) is 0. The van der Waals surface area contributed by atoms with Gasteiger partial charge >= 0.3 is 0 Å². The van der Waals surface area contributed by atoms with Crippen molar-refractivity contribution in [3.05, 3.63) is 84.9 Å². The van der Waals surface area contributed by atoms with Gasteiger partial charge in [0.05, 0.1) is 11.3 Å². The summed E-state index contributed by atoms with van der Waals surface area (Å²) in [4.78, 5) is 19.7. The second-order valence-electron chi connectivity index (χ2n) is 7.22. The van der Waals surface area contributed by atoms with Gasteiger partial charge in [-0.1, -0.05) is 66.4 Å². The smallest absolute Gasteiger partial charge is 0.242 e. The zero-order chi connectivity index (χ0) is 21.9. The summed E-state index contributed by atoms with van der Waals surface area (Å²) in [7, 11) is 0. The summed E-state index contributed by atoms with van der Waals surface area (Å²) in [6.45, 7) is 2.86. The molecule has 0 saturated heterocycles. The second-order valence-corrected chi connectivity index (χ2v) is 8.16. The van der Waals surface area contributed by atoms with E-state index in [2.05, 4.69) is 27.8 Å². The number of nitrogens with zero attached hydrogens (tertiary/aromatic N) is 5. The molecule has 2 aromatic heterocycles. The van der Waals surface area contributed by atoms with Crippen LogP contribution in [0.15, 0.2) is 90.1 Å². The number of carbonyl (C=O) groups is 1. The van der Waals surface area contributed by atoms with Crippen LogP contribution in [0.3, 0.4) is 0 Å². The van der Waals surface area contributed by atoms with E-state index in [9.17, 15) is 4.79 Å². The van der Waals surface area contributed by atoms with Crippen molar-refractivity contribution in [3.8, 4) is 0 Å². The van der Waals surface area contributed by atoms with Gasteiger partial charge in [-0.05, 0) is 37.3 Å². The number of anilines is 2. The number of amides is 1. The number of hydrogen-bond acceptors (Lipinski definition) is 5. The summed E-state index contributed by atoms with van der Waals surface area (Å²) in [5.41, 5.74) is 4.31. The average Bonchev–Trinajstić information content (AvgIpc) is 3.17. The molecule has 0 radical (unpaired) electrons. The third-order valence-electron chi connectivity index (χ3n) is 5.27. The molecule has 0 aliphatic carbocycles. The fraction of sp³-hybridized carbons (Fsp3) is 0.120. The van der Waals surface area contributed by atoms with Crippen molar-refractivity contribution in [1.82, 2.24) is 19.7 Å². The van der Waals surface area contributed by atoms with E-state index in [4.69, 9.17) is 4.98 Å². The van der Waals surface area contributed by atoms with Crippen LogP contribution in [0.5, 0.6) is 0 Å². The maximum absolute atomic E-state index is 13.3. The molecule has 158 valence electrons. The number of aromatic nitrogens is 4. The van der Waals surface area contributed by atoms with Crippen molar-refractivity contribution in [1.29, 1.82) is 0 Å². The molecule has 1 amide bonds. The molecule has 0 unspecified atom stereocenters. The highest BCUT2D eigenvalue weighted by molar-refractivity contribution is 7.99. The number of thioether (sulfide) groups is 1. The standard InChI is InChI=1S/C25H21N5OS/c1-2-29-21-16-10-9-15-20(21)23-24(29)26-25(28-27-23)32-17-22(31)30(18-11-5-3-6-12-18)19-13-7-4-8-14-19/h3-16H,2,17H2,1H3. The Bertz CT molecular complexity index is 1350. The van der Waals surface area contributed by atoms with E-state index in [-0.39, 0.29) is 11.7 Å². The van der Waals surface area contributed by atoms with E-state index < -0.39 is 0 Å². The summed E-state index contributed by atoms with van der Waals surface area (Å²) < 4.78 is 2.13. The first-order chi connectivity index (χ1) is 15.8. The molecule has 6 nitrogen and oxygen atoms in total. The van der Waals surface area contributed by atoms with E-state index in [1.807, 2.05) is 78.9 Å². The third-order valence-corrected chi connectivity index (χ3v) is 6.10. The summed E-state index contributed by atoms with van der Waals surface area (Å²) in [5, 5.41) is 10.3. The van der Waals surface area contributed by atoms with Gasteiger partial charge in [0.25, 0.3) is 0 Å². The maximum Gasteiger partial charge on any atom is 0.242 e. The van der Waals surface area contributed by atoms with E-state index in [1.54, 1.807) is 4.90 Å². The lowest BCUT2D eigenvalue weighted by Gasteiger charge is -2.22. The van der Waals surface area contributed by atoms with Crippen LogP contribution in [0.25, 0.3) is 22.1 Å². The Balaban J connectivity index is 1.44. The molecule has 0 N–H and O–H groups in total. The van der Waals surface area contributed by atoms with Crippen molar-refractivity contribution in [2.75, 3.05) is 10.7 Å². The fourth-order valence-corrected chi connectivity index (χ4v) is 4.48. The SMILES string of the molecule is CCn1c2ccccc2c2nnc(SCC(=O)N(c3ccccc3)c3ccccc3)nc21. The molecule has 7 heteroatoms. The van der Waals surface area contributed by atoms with Crippen molar-refractivity contribution >= 4 is 51.1 Å². The molecule has 2 heterocycles. The Hall–Kier alpha value is -3.71. The van der Waals surface area contributed by atoms with Gasteiger partial charge in [0.1, 0.15) is 5.52 Å². The van der Waals surface area contributed by atoms with E-state index in [0.29, 0.717) is 5.16 Å². The first-order valence-corrected chi connectivity index (χ1v) is 11.4. The highest BCUT2D eigenvalue weighted by Crippen LogP contribution is 2.29. The van der Waals surface area contributed by atoms with Crippen LogP contribution in [0.2, 0.25) is 0 Å². The minimum atomic E-state index is -0.0490. The lowest BCUT2D eigenvalue weighted by molar-refractivity contribution is -0.115. The molecule has 0 atom stereocenters. The first kappa shape index (κ1) is 20.2. The molecule has 32 heavy (non-hydrogen) atoms. The van der Waals surface area contributed by atoms with Crippen molar-refractivity contribution in [2.45, 2.75) is 18.6 Å². The Kier molecular flexibility index (Phi) is 5.56. The molecule has 0 aliphatic heterocycles. The molecule has 0 fully saturated rings. The summed E-state index contributed by atoms with van der Waals surface area (Å²) in [5.74, 6) is 0.149. The number of para-hydroxylation sites is 3. The van der Waals surface area contributed by atoms with Gasteiger partial charge < -0.3 is 4.57 Å². The van der Waals surface area contributed by atoms with Gasteiger partial charge in [0.15, 0.2) is 5.65 Å². The summed E-state index contributed by atoms with van der Waals surface area (Å²) >= 11 is 1.30. The predicted octanol–water partition coefficient (Wildman–Crippen LogP) is 5.46. The van der Waals surface area contributed by atoms with Gasteiger partial charge in [-0.25, -0.2) is 4.98 Å². The van der Waals surface area contributed by atoms with Gasteiger partial charge in [0, 0.05) is 23.3 Å². The van der Waals surface area contributed by atoms with E-state index >= 15 is 0 Å². The van der Waals surface area contributed by atoms with Crippen molar-refractivity contribution < 1.29 is 4.79 Å². The van der Waals surface area contributed by atoms with Crippen LogP contribution in [-0.2, 0) is 11.3 Å². The number of fused-ring (bicyclic) bond motifs is 3. The Morgan fingerprint density at radius 2 is 1.50 bits per heavy atom. The van der Waals surface area contributed by atoms with Crippen LogP contribution >= 0.6 is 11.8 Å². The molecule has 5 aromatic rings. The van der Waals surface area contributed by atoms with Crippen LogP contribution in [0.1, 0.15) is 6.92 Å². The van der Waals surface area contributed by atoms with Crippen LogP contribution in [0, 0.1) is 0 Å². The first-order valence-electron chi connectivity index (χ1n) is 10.4. The molecular formula is C25H21N5OS. The molecule has 5 rings (SSSR count). The number of rotatable bonds is 6. The van der Waals surface area contributed by atoms with E-state index in [1.165, 1.54) is 11.8 Å². The van der Waals surface area contributed by atoms with E-state index in [0.717, 1.165) is 40.0 Å². The second kappa shape index (κ2) is 8.80. The fourth-order valence-electron chi connectivity index (χ4n) is 3.85. The highest BCUT2D eigenvalue weighted by Gasteiger charge is 2.19. The lowest BCUT2D eigenvalue weighted by Crippen LogP contribution is -2.27. The molecule has 3 aromatic carbocycles. The van der Waals surface area contributed by atoms with Crippen molar-refractivity contribution in [3.63, 3.8) is 0 Å². The van der Waals surface area contributed by atoms with Crippen LogP contribution in [0.4, 0.5) is 11.4 Å². The van der Waals surface area contributed by atoms with Gasteiger partial charge in [-0.3, -0.25) is 9.69 Å². The minimum absolute atomic E-state index is 0.0490. The van der Waals surface area contributed by atoms with Gasteiger partial charge in [-0.2, -0.15) is 0 Å². The molecule has 0 bridgehead atoms. The zero-order valence-electron chi connectivity index (χ0n) is 17.5. The Morgan fingerprint density at radius 3 is 2.16 bits per heavy atom. The van der Waals surface area contributed by atoms with Gasteiger partial charge in [0.2, 0.25) is 11.1 Å². The van der Waals surface area contributed by atoms with Gasteiger partial charge in [-0.15, -0.1) is 10.2 Å². The molecule has 0 aliphatic rings. The topological polar surface area (TPSA) is 63.9 Å². The third kappa shape index (κ3) is 3.71. The Morgan fingerprint density at radius 1 is 0.875 bits per heavy atom. The highest BCUT2D eigenvalue weighted by atomic mass is 32.2. The molecule has 0 spiro atoms. The number of carbonyl (C=O) groups excluding carboxylic acids is 1. The Labute approximate surface area is 189 Å². The van der Waals surface area contributed by atoms with Crippen LogP contribution in [-0.4, -0.2) is 31.4 Å². The summed E-state index contributed by atoms with van der Waals surface area (Å²) in [6, 6.07) is 27.4. The number of hydrogen-bond donors (Lipinski definition) is 0. The molecular weight excluding hydrogens is 418 g/mol. The predicted molar refractivity (Wildman–Crippen MR) is 129 cm³/mol. The normalized spacial score (nSPS) is 11.2. The zero-order valence-corrected chi connectivity index (χ0v) is 18.4. The lowest BCUT2D eigenvalue weighted by atomic mass is 10.2. The number of benzene rings is 3. The minimum Gasteiger partial charge on any atom is -0.324 e. The molecule has 0 saturated carbocycles. The van der Waals surface area contributed by atoms with Crippen molar-refractivity contribution in [2.24, 2.45) is 0 Å². The van der Waals surface area contributed by atoms with Crippen LogP contribution < -0.4 is 4.90 Å². The maximum atomic E-state index is 13.3. The quantitative estimate of drug-likeness (QED) is 0.329. The largest absolute Gasteiger partial charge is 0.324 e. The average molecular weight is 440 g/mol. The monoisotopic (exact) mass is 439 g/mol.